The van der Waals surface area contributed by atoms with E-state index >= 15 is 0 Å². The second kappa shape index (κ2) is 6.48. The molecule has 1 aliphatic heterocycles. The summed E-state index contributed by atoms with van der Waals surface area (Å²) in [6.45, 7) is 1.95. The van der Waals surface area contributed by atoms with Gasteiger partial charge >= 0.3 is 0 Å². The number of nitrogens with zero attached hydrogens (tertiary/aromatic N) is 1. The molecule has 3 rings (SSSR count). The van der Waals surface area contributed by atoms with Crippen LogP contribution in [0.4, 0.5) is 0 Å². The minimum absolute atomic E-state index is 0.0244. The first-order chi connectivity index (χ1) is 10.6. The quantitative estimate of drug-likeness (QED) is 0.849. The number of amides is 2. The van der Waals surface area contributed by atoms with Crippen LogP contribution in [-0.2, 0) is 22.4 Å². The Kier molecular flexibility index (Phi) is 4.43. The smallest absolute Gasteiger partial charge is 0.234 e. The molecule has 0 bridgehead atoms. The largest absolute Gasteiger partial charge is 0.369 e. The summed E-state index contributed by atoms with van der Waals surface area (Å²) in [5.41, 5.74) is 8.01. The molecule has 0 unspecified atom stereocenters. The lowest BCUT2D eigenvalue weighted by Gasteiger charge is -2.30. The molecule has 1 heterocycles. The van der Waals surface area contributed by atoms with Crippen LogP contribution in [0.2, 0.25) is 0 Å². The van der Waals surface area contributed by atoms with Gasteiger partial charge in [-0.3, -0.25) is 14.5 Å². The van der Waals surface area contributed by atoms with Crippen LogP contribution in [0.5, 0.6) is 0 Å². The van der Waals surface area contributed by atoms with Crippen molar-refractivity contribution in [2.75, 3.05) is 19.6 Å². The SMILES string of the molecule is NC(=O)C1CCN(CC(=O)NC2Cc3ccccc3C2)CC1. The molecule has 3 N–H and O–H groups in total. The Bertz CT molecular complexity index is 540. The van der Waals surface area contributed by atoms with Gasteiger partial charge in [0.1, 0.15) is 0 Å². The van der Waals surface area contributed by atoms with Gasteiger partial charge in [-0.1, -0.05) is 24.3 Å². The summed E-state index contributed by atoms with van der Waals surface area (Å²) < 4.78 is 0. The highest BCUT2D eigenvalue weighted by molar-refractivity contribution is 5.79. The molecule has 1 aromatic rings. The van der Waals surface area contributed by atoms with Crippen molar-refractivity contribution in [2.45, 2.75) is 31.7 Å². The third kappa shape index (κ3) is 3.47. The lowest BCUT2D eigenvalue weighted by atomic mass is 9.96. The zero-order valence-corrected chi connectivity index (χ0v) is 12.8. The molecular formula is C17H23N3O2. The maximum absolute atomic E-state index is 12.2. The van der Waals surface area contributed by atoms with Crippen LogP contribution in [0.25, 0.3) is 0 Å². The lowest BCUT2D eigenvalue weighted by molar-refractivity contribution is -0.124. The van der Waals surface area contributed by atoms with E-state index in [4.69, 9.17) is 5.73 Å². The Morgan fingerprint density at radius 2 is 1.73 bits per heavy atom. The fourth-order valence-electron chi connectivity index (χ4n) is 3.51. The Morgan fingerprint density at radius 1 is 1.14 bits per heavy atom. The highest BCUT2D eigenvalue weighted by atomic mass is 16.2. The van der Waals surface area contributed by atoms with E-state index < -0.39 is 0 Å². The molecule has 5 heteroatoms. The van der Waals surface area contributed by atoms with Crippen LogP contribution in [-0.4, -0.2) is 42.4 Å². The van der Waals surface area contributed by atoms with Crippen molar-refractivity contribution in [3.8, 4) is 0 Å². The molecule has 1 aliphatic carbocycles. The number of likely N-dealkylation sites (tertiary alicyclic amines) is 1. The van der Waals surface area contributed by atoms with E-state index in [9.17, 15) is 9.59 Å². The van der Waals surface area contributed by atoms with E-state index in [2.05, 4.69) is 22.3 Å². The van der Waals surface area contributed by atoms with E-state index in [1.807, 2.05) is 12.1 Å². The molecule has 1 aromatic carbocycles. The summed E-state index contributed by atoms with van der Waals surface area (Å²) in [6.07, 6.45) is 3.37. The summed E-state index contributed by atoms with van der Waals surface area (Å²) in [5.74, 6) is -0.160. The standard InChI is InChI=1S/C17H23N3O2/c18-17(22)12-5-7-20(8-6-12)11-16(21)19-15-9-13-3-1-2-4-14(13)10-15/h1-4,12,15H,5-11H2,(H2,18,22)(H,19,21). The highest BCUT2D eigenvalue weighted by Crippen LogP contribution is 2.21. The first-order valence-corrected chi connectivity index (χ1v) is 7.99. The van der Waals surface area contributed by atoms with Crippen LogP contribution in [0.1, 0.15) is 24.0 Å². The third-order valence-corrected chi connectivity index (χ3v) is 4.77. The number of carbonyl (C=O) groups excluding carboxylic acids is 2. The molecule has 0 spiro atoms. The first kappa shape index (κ1) is 15.0. The molecule has 2 amide bonds. The molecule has 2 aliphatic rings. The number of rotatable bonds is 4. The van der Waals surface area contributed by atoms with Crippen molar-refractivity contribution < 1.29 is 9.59 Å². The molecule has 1 fully saturated rings. The normalized spacial score (nSPS) is 19.8. The number of benzene rings is 1. The van der Waals surface area contributed by atoms with Crippen molar-refractivity contribution >= 4 is 11.8 Å². The average molecular weight is 301 g/mol. The minimum Gasteiger partial charge on any atom is -0.369 e. The summed E-state index contributed by atoms with van der Waals surface area (Å²) in [4.78, 5) is 25.4. The fourth-order valence-corrected chi connectivity index (χ4v) is 3.51. The minimum atomic E-state index is -0.215. The van der Waals surface area contributed by atoms with Gasteiger partial charge in [-0.25, -0.2) is 0 Å². The van der Waals surface area contributed by atoms with Crippen molar-refractivity contribution in [1.82, 2.24) is 10.2 Å². The molecular weight excluding hydrogens is 278 g/mol. The van der Waals surface area contributed by atoms with E-state index in [1.165, 1.54) is 11.1 Å². The molecule has 0 radical (unpaired) electrons. The van der Waals surface area contributed by atoms with E-state index in [-0.39, 0.29) is 23.8 Å². The van der Waals surface area contributed by atoms with Gasteiger partial charge in [0.2, 0.25) is 11.8 Å². The number of fused-ring (bicyclic) bond motifs is 1. The predicted molar refractivity (Wildman–Crippen MR) is 84.1 cm³/mol. The van der Waals surface area contributed by atoms with Crippen LogP contribution >= 0.6 is 0 Å². The topological polar surface area (TPSA) is 75.4 Å². The Balaban J connectivity index is 1.44. The zero-order valence-electron chi connectivity index (χ0n) is 12.8. The number of carbonyl (C=O) groups is 2. The van der Waals surface area contributed by atoms with E-state index in [0.717, 1.165) is 38.8 Å². The molecule has 22 heavy (non-hydrogen) atoms. The van der Waals surface area contributed by atoms with Crippen molar-refractivity contribution in [1.29, 1.82) is 0 Å². The van der Waals surface area contributed by atoms with Crippen LogP contribution in [0, 0.1) is 5.92 Å². The maximum atomic E-state index is 12.2. The fraction of sp³-hybridized carbons (Fsp3) is 0.529. The van der Waals surface area contributed by atoms with Gasteiger partial charge in [0.15, 0.2) is 0 Å². The number of primary amides is 1. The highest BCUT2D eigenvalue weighted by Gasteiger charge is 2.26. The average Bonchev–Trinajstić information content (AvgIpc) is 2.89. The predicted octanol–water partition coefficient (Wildman–Crippen LogP) is 0.467. The Morgan fingerprint density at radius 3 is 2.27 bits per heavy atom. The number of nitrogens with two attached hydrogens (primary N) is 1. The van der Waals surface area contributed by atoms with Crippen LogP contribution in [0.3, 0.4) is 0 Å². The van der Waals surface area contributed by atoms with Crippen molar-refractivity contribution in [3.05, 3.63) is 35.4 Å². The second-order valence-corrected chi connectivity index (χ2v) is 6.39. The monoisotopic (exact) mass is 301 g/mol. The van der Waals surface area contributed by atoms with Gasteiger partial charge in [0, 0.05) is 12.0 Å². The summed E-state index contributed by atoms with van der Waals surface area (Å²) in [7, 11) is 0. The molecule has 0 saturated carbocycles. The van der Waals surface area contributed by atoms with Gasteiger partial charge in [-0.05, 0) is 49.9 Å². The molecule has 5 nitrogen and oxygen atoms in total. The molecule has 0 atom stereocenters. The van der Waals surface area contributed by atoms with Gasteiger partial charge in [-0.2, -0.15) is 0 Å². The molecule has 1 saturated heterocycles. The van der Waals surface area contributed by atoms with Gasteiger partial charge in [0.05, 0.1) is 6.54 Å². The number of hydrogen-bond acceptors (Lipinski definition) is 3. The molecule has 0 aromatic heterocycles. The Labute approximate surface area is 130 Å². The number of nitrogens with one attached hydrogen (secondary N) is 1. The third-order valence-electron chi connectivity index (χ3n) is 4.77. The Hall–Kier alpha value is -1.88. The van der Waals surface area contributed by atoms with Crippen molar-refractivity contribution in [3.63, 3.8) is 0 Å². The summed E-state index contributed by atoms with van der Waals surface area (Å²) >= 11 is 0. The second-order valence-electron chi connectivity index (χ2n) is 6.39. The van der Waals surface area contributed by atoms with Gasteiger partial charge in [0.25, 0.3) is 0 Å². The van der Waals surface area contributed by atoms with Gasteiger partial charge < -0.3 is 11.1 Å². The summed E-state index contributed by atoms with van der Waals surface area (Å²) in [5, 5.41) is 3.13. The summed E-state index contributed by atoms with van der Waals surface area (Å²) in [6, 6.07) is 8.58. The van der Waals surface area contributed by atoms with E-state index in [1.54, 1.807) is 0 Å². The maximum Gasteiger partial charge on any atom is 0.234 e. The lowest BCUT2D eigenvalue weighted by Crippen LogP contribution is -2.46. The van der Waals surface area contributed by atoms with Gasteiger partial charge in [-0.15, -0.1) is 0 Å². The number of hydrogen-bond donors (Lipinski definition) is 2. The number of piperidine rings is 1. The van der Waals surface area contributed by atoms with E-state index in [0.29, 0.717) is 6.54 Å². The zero-order chi connectivity index (χ0) is 15.5. The van der Waals surface area contributed by atoms with Crippen LogP contribution in [0.15, 0.2) is 24.3 Å². The van der Waals surface area contributed by atoms with Crippen molar-refractivity contribution in [2.24, 2.45) is 11.7 Å². The van der Waals surface area contributed by atoms with Crippen LogP contribution < -0.4 is 11.1 Å². The first-order valence-electron chi connectivity index (χ1n) is 7.99. The molecule has 118 valence electrons.